The van der Waals surface area contributed by atoms with Crippen molar-refractivity contribution >= 4 is 11.9 Å². The summed E-state index contributed by atoms with van der Waals surface area (Å²) in [5.41, 5.74) is 2.72. The van der Waals surface area contributed by atoms with E-state index in [1.165, 1.54) is 7.11 Å². The third-order valence-corrected chi connectivity index (χ3v) is 5.12. The Morgan fingerprint density at radius 2 is 1.79 bits per heavy atom. The van der Waals surface area contributed by atoms with Gasteiger partial charge in [0.05, 0.1) is 7.11 Å². The number of carbonyl (C=O) groups is 2. The van der Waals surface area contributed by atoms with E-state index in [9.17, 15) is 14.0 Å². The Hall–Kier alpha value is -2.80. The maximum Gasteiger partial charge on any atom is 0.409 e. The Bertz CT molecular complexity index is 862. The Morgan fingerprint density at radius 1 is 1.07 bits per heavy atom. The van der Waals surface area contributed by atoms with E-state index in [2.05, 4.69) is 9.88 Å². The van der Waals surface area contributed by atoms with Gasteiger partial charge in [0.1, 0.15) is 11.6 Å². The van der Waals surface area contributed by atoms with Gasteiger partial charge in [0.15, 0.2) is 0 Å². The molecule has 6 nitrogen and oxygen atoms in total. The van der Waals surface area contributed by atoms with Crippen LogP contribution in [0.1, 0.15) is 22.4 Å². The number of benzene rings is 1. The van der Waals surface area contributed by atoms with Gasteiger partial charge in [-0.2, -0.15) is 0 Å². The molecular formula is C22H26FN3O3. The molecule has 0 N–H and O–H groups in total. The smallest absolute Gasteiger partial charge is 0.409 e. The maximum atomic E-state index is 15.0. The molecule has 2 heterocycles. The summed E-state index contributed by atoms with van der Waals surface area (Å²) in [5, 5.41) is 0. The molecule has 3 rings (SSSR count). The normalized spacial score (nSPS) is 14.7. The van der Waals surface area contributed by atoms with Crippen LogP contribution in [0.25, 0.3) is 0 Å². The quantitative estimate of drug-likeness (QED) is 0.748. The number of methoxy groups -OCH3 is 1. The molecule has 0 saturated carbocycles. The van der Waals surface area contributed by atoms with Crippen LogP contribution in [-0.2, 0) is 28.9 Å². The molecule has 29 heavy (non-hydrogen) atoms. The number of Topliss-reactive ketones (excluding diaryl/α,β-unsaturated/α-hetero) is 1. The molecule has 154 valence electrons. The second kappa shape index (κ2) is 9.60. The lowest BCUT2D eigenvalue weighted by Gasteiger charge is -2.33. The third kappa shape index (κ3) is 5.60. The Labute approximate surface area is 170 Å². The lowest BCUT2D eigenvalue weighted by molar-refractivity contribution is -0.117. The summed E-state index contributed by atoms with van der Waals surface area (Å²) >= 11 is 0. The Balaban J connectivity index is 1.58. The van der Waals surface area contributed by atoms with Crippen molar-refractivity contribution in [1.82, 2.24) is 14.8 Å². The summed E-state index contributed by atoms with van der Waals surface area (Å²) in [6, 6.07) is 8.95. The second-order valence-electron chi connectivity index (χ2n) is 7.32. The van der Waals surface area contributed by atoms with Crippen LogP contribution in [0, 0.1) is 12.7 Å². The molecule has 0 aliphatic carbocycles. The first-order chi connectivity index (χ1) is 14.0. The predicted octanol–water partition coefficient (Wildman–Crippen LogP) is 2.77. The summed E-state index contributed by atoms with van der Waals surface area (Å²) in [5.74, 6) is -0.364. The number of rotatable bonds is 6. The van der Waals surface area contributed by atoms with E-state index in [1.807, 2.05) is 19.1 Å². The van der Waals surface area contributed by atoms with Gasteiger partial charge < -0.3 is 9.64 Å². The van der Waals surface area contributed by atoms with E-state index in [4.69, 9.17) is 4.74 Å². The van der Waals surface area contributed by atoms with E-state index >= 15 is 0 Å². The molecule has 1 fully saturated rings. The summed E-state index contributed by atoms with van der Waals surface area (Å²) < 4.78 is 19.7. The highest BCUT2D eigenvalue weighted by Crippen LogP contribution is 2.18. The molecule has 1 saturated heterocycles. The zero-order valence-corrected chi connectivity index (χ0v) is 16.9. The molecule has 7 heteroatoms. The number of ketones is 1. The average Bonchev–Trinajstić information content (AvgIpc) is 2.72. The van der Waals surface area contributed by atoms with E-state index in [0.29, 0.717) is 43.9 Å². The molecule has 1 aliphatic rings. The van der Waals surface area contributed by atoms with E-state index in [0.717, 1.165) is 11.3 Å². The van der Waals surface area contributed by atoms with Crippen molar-refractivity contribution in [3.63, 3.8) is 0 Å². The topological polar surface area (TPSA) is 62.7 Å². The monoisotopic (exact) mass is 399 g/mol. The fourth-order valence-corrected chi connectivity index (χ4v) is 3.46. The van der Waals surface area contributed by atoms with Gasteiger partial charge in [-0.15, -0.1) is 0 Å². The predicted molar refractivity (Wildman–Crippen MR) is 107 cm³/mol. The molecule has 1 amide bonds. The average molecular weight is 399 g/mol. The van der Waals surface area contributed by atoms with Gasteiger partial charge >= 0.3 is 6.09 Å². The zero-order valence-electron chi connectivity index (χ0n) is 16.9. The molecule has 2 aromatic rings. The Morgan fingerprint density at radius 3 is 2.45 bits per heavy atom. The largest absolute Gasteiger partial charge is 0.453 e. The van der Waals surface area contributed by atoms with Crippen molar-refractivity contribution in [2.75, 3.05) is 33.3 Å². The first kappa shape index (κ1) is 20.9. The van der Waals surface area contributed by atoms with Gasteiger partial charge in [0, 0.05) is 63.0 Å². The minimum atomic E-state index is -0.333. The standard InChI is InChI=1S/C22H26FN3O3/c1-16-6-7-17(14-24-16)12-20(27)13-18-4-3-5-19(21(18)23)15-25-8-10-26(11-9-25)22(28)29-2/h3-7,14H,8-13,15H2,1-2H3. The molecule has 1 aliphatic heterocycles. The third-order valence-electron chi connectivity index (χ3n) is 5.12. The van der Waals surface area contributed by atoms with Crippen LogP contribution in [0.4, 0.5) is 9.18 Å². The lowest BCUT2D eigenvalue weighted by Crippen LogP contribution is -2.48. The van der Waals surface area contributed by atoms with Gasteiger partial charge in [0.2, 0.25) is 0 Å². The lowest BCUT2D eigenvalue weighted by atomic mass is 10.0. The molecule has 1 aromatic heterocycles. The van der Waals surface area contributed by atoms with Crippen molar-refractivity contribution in [2.45, 2.75) is 26.3 Å². The Kier molecular flexibility index (Phi) is 6.93. The van der Waals surface area contributed by atoms with Gasteiger partial charge in [-0.1, -0.05) is 24.3 Å². The number of carbonyl (C=O) groups excluding carboxylic acids is 2. The van der Waals surface area contributed by atoms with Crippen molar-refractivity contribution in [1.29, 1.82) is 0 Å². The van der Waals surface area contributed by atoms with E-state index in [1.54, 1.807) is 29.3 Å². The van der Waals surface area contributed by atoms with E-state index < -0.39 is 0 Å². The van der Waals surface area contributed by atoms with Crippen LogP contribution in [0.2, 0.25) is 0 Å². The van der Waals surface area contributed by atoms with Crippen LogP contribution in [-0.4, -0.2) is 59.9 Å². The van der Waals surface area contributed by atoms with Crippen LogP contribution in [0.3, 0.4) is 0 Å². The van der Waals surface area contributed by atoms with Crippen LogP contribution >= 0.6 is 0 Å². The second-order valence-corrected chi connectivity index (χ2v) is 7.32. The fourth-order valence-electron chi connectivity index (χ4n) is 3.46. The summed E-state index contributed by atoms with van der Waals surface area (Å²) in [6.07, 6.45) is 1.66. The molecular weight excluding hydrogens is 373 g/mol. The van der Waals surface area contributed by atoms with Crippen LogP contribution in [0.5, 0.6) is 0 Å². The number of hydrogen-bond donors (Lipinski definition) is 0. The number of pyridine rings is 1. The van der Waals surface area contributed by atoms with Crippen molar-refractivity contribution in [2.24, 2.45) is 0 Å². The first-order valence-electron chi connectivity index (χ1n) is 9.71. The van der Waals surface area contributed by atoms with Gasteiger partial charge in [-0.05, 0) is 24.1 Å². The molecule has 0 atom stereocenters. The molecule has 0 spiro atoms. The zero-order chi connectivity index (χ0) is 20.8. The summed E-state index contributed by atoms with van der Waals surface area (Å²) in [6.45, 7) is 4.75. The highest BCUT2D eigenvalue weighted by molar-refractivity contribution is 5.83. The number of aromatic nitrogens is 1. The number of aryl methyl sites for hydroxylation is 1. The van der Waals surface area contributed by atoms with Crippen molar-refractivity contribution in [3.8, 4) is 0 Å². The number of piperazine rings is 1. The van der Waals surface area contributed by atoms with Gasteiger partial charge in [-0.25, -0.2) is 9.18 Å². The first-order valence-corrected chi connectivity index (χ1v) is 9.71. The minimum Gasteiger partial charge on any atom is -0.453 e. The number of ether oxygens (including phenoxy) is 1. The molecule has 1 aromatic carbocycles. The number of nitrogens with zero attached hydrogens (tertiary/aromatic N) is 3. The number of hydrogen-bond acceptors (Lipinski definition) is 5. The van der Waals surface area contributed by atoms with Crippen molar-refractivity contribution < 1.29 is 18.7 Å². The summed E-state index contributed by atoms with van der Waals surface area (Å²) in [7, 11) is 1.37. The van der Waals surface area contributed by atoms with Crippen LogP contribution in [0.15, 0.2) is 36.5 Å². The highest BCUT2D eigenvalue weighted by Gasteiger charge is 2.22. The molecule has 0 radical (unpaired) electrons. The number of amides is 1. The highest BCUT2D eigenvalue weighted by atomic mass is 19.1. The van der Waals surface area contributed by atoms with Crippen LogP contribution < -0.4 is 0 Å². The summed E-state index contributed by atoms with van der Waals surface area (Å²) in [4.78, 5) is 31.9. The fraction of sp³-hybridized carbons (Fsp3) is 0.409. The SMILES string of the molecule is COC(=O)N1CCN(Cc2cccc(CC(=O)Cc3ccc(C)nc3)c2F)CC1. The number of halogens is 1. The minimum absolute atomic E-state index is 0.0432. The van der Waals surface area contributed by atoms with E-state index in [-0.39, 0.29) is 30.5 Å². The van der Waals surface area contributed by atoms with Crippen molar-refractivity contribution in [3.05, 3.63) is 64.7 Å². The van der Waals surface area contributed by atoms with Gasteiger partial charge in [0.25, 0.3) is 0 Å². The maximum absolute atomic E-state index is 15.0. The van der Waals surface area contributed by atoms with Gasteiger partial charge in [-0.3, -0.25) is 14.7 Å². The molecule has 0 unspecified atom stereocenters. The molecule has 0 bridgehead atoms.